The summed E-state index contributed by atoms with van der Waals surface area (Å²) in [6.45, 7) is 0.973. The molecule has 2 aliphatic heterocycles. The van der Waals surface area contributed by atoms with Gasteiger partial charge >= 0.3 is 12.4 Å². The molecule has 0 saturated carbocycles. The molecule has 2 aliphatic rings. The lowest BCUT2D eigenvalue weighted by Gasteiger charge is -2.38. The van der Waals surface area contributed by atoms with Crippen molar-refractivity contribution in [2.75, 3.05) is 13.2 Å². The van der Waals surface area contributed by atoms with Gasteiger partial charge in [0.25, 0.3) is 0 Å². The molecule has 0 aromatic heterocycles. The fourth-order valence-corrected chi connectivity index (χ4v) is 4.13. The van der Waals surface area contributed by atoms with Crippen molar-refractivity contribution in [2.24, 2.45) is 0 Å². The van der Waals surface area contributed by atoms with E-state index in [-0.39, 0.29) is 11.5 Å². The maximum absolute atomic E-state index is 14.3. The fourth-order valence-electron chi connectivity index (χ4n) is 4.13. The van der Waals surface area contributed by atoms with Gasteiger partial charge in [-0.15, -0.1) is 0 Å². The molecule has 2 heterocycles. The Kier molecular flexibility index (Phi) is 6.50. The molecule has 2 aromatic rings. The molecule has 2 fully saturated rings. The van der Waals surface area contributed by atoms with Gasteiger partial charge in [0.1, 0.15) is 11.5 Å². The monoisotopic (exact) mass is 476 g/mol. The van der Waals surface area contributed by atoms with Crippen LogP contribution in [-0.4, -0.2) is 38.1 Å². The highest BCUT2D eigenvalue weighted by Crippen LogP contribution is 2.56. The summed E-state index contributed by atoms with van der Waals surface area (Å²) < 4.78 is 107. The van der Waals surface area contributed by atoms with Crippen molar-refractivity contribution in [3.8, 4) is 11.5 Å². The SMILES string of the molecule is FC(F)(F)C(c1ccc(OC2CCCO2)cc1)(c1ccc(OC2CCCO2)cc1)C(F)(F)F. The lowest BCUT2D eigenvalue weighted by molar-refractivity contribution is -0.288. The average molecular weight is 476 g/mol. The average Bonchev–Trinajstić information content (AvgIpc) is 3.43. The largest absolute Gasteiger partial charge is 0.465 e. The Hall–Kier alpha value is -2.46. The van der Waals surface area contributed by atoms with Crippen molar-refractivity contribution in [2.45, 2.75) is 56.0 Å². The van der Waals surface area contributed by atoms with E-state index in [0.717, 1.165) is 61.4 Å². The standard InChI is InChI=1S/C23H22F6O4/c24-22(25,26)21(23(27,28)29,15-5-9-17(10-6-15)32-19-3-1-13-30-19)16-7-11-18(12-8-16)33-20-4-2-14-31-20/h5-12,19-20H,1-4,13-14H2. The predicted molar refractivity (Wildman–Crippen MR) is 105 cm³/mol. The van der Waals surface area contributed by atoms with Gasteiger partial charge < -0.3 is 18.9 Å². The summed E-state index contributed by atoms with van der Waals surface area (Å²) in [6.07, 6.45) is -9.75. The third kappa shape index (κ3) is 4.63. The van der Waals surface area contributed by atoms with E-state index in [2.05, 4.69) is 0 Å². The number of hydrogen-bond donors (Lipinski definition) is 0. The second-order valence-corrected chi connectivity index (χ2v) is 7.92. The van der Waals surface area contributed by atoms with E-state index in [4.69, 9.17) is 18.9 Å². The van der Waals surface area contributed by atoms with Crippen LogP contribution in [0.1, 0.15) is 36.8 Å². The van der Waals surface area contributed by atoms with Crippen LogP contribution in [-0.2, 0) is 14.9 Å². The van der Waals surface area contributed by atoms with E-state index < -0.39 is 41.5 Å². The molecule has 180 valence electrons. The highest BCUT2D eigenvalue weighted by molar-refractivity contribution is 5.47. The highest BCUT2D eigenvalue weighted by Gasteiger charge is 2.72. The molecule has 0 amide bonds. The lowest BCUT2D eigenvalue weighted by Crippen LogP contribution is -2.54. The first-order valence-electron chi connectivity index (χ1n) is 10.5. The normalized spacial score (nSPS) is 21.9. The van der Waals surface area contributed by atoms with Gasteiger partial charge in [0.05, 0.1) is 13.2 Å². The van der Waals surface area contributed by atoms with Gasteiger partial charge in [-0.2, -0.15) is 26.3 Å². The number of rotatable bonds is 6. The van der Waals surface area contributed by atoms with Crippen molar-refractivity contribution in [1.29, 1.82) is 0 Å². The summed E-state index contributed by atoms with van der Waals surface area (Å²) >= 11 is 0. The molecule has 0 N–H and O–H groups in total. The maximum atomic E-state index is 14.3. The van der Waals surface area contributed by atoms with Gasteiger partial charge in [-0.1, -0.05) is 24.3 Å². The summed E-state index contributed by atoms with van der Waals surface area (Å²) in [6, 6.07) is 7.56. The van der Waals surface area contributed by atoms with Crippen molar-refractivity contribution >= 4 is 0 Å². The Morgan fingerprint density at radius 2 is 0.970 bits per heavy atom. The number of alkyl halides is 6. The zero-order chi connectivity index (χ0) is 23.7. The van der Waals surface area contributed by atoms with Gasteiger partial charge in [-0.25, -0.2) is 0 Å². The molecule has 2 atom stereocenters. The molecule has 0 radical (unpaired) electrons. The van der Waals surface area contributed by atoms with Crippen LogP contribution in [0.25, 0.3) is 0 Å². The Labute approximate surface area is 186 Å². The van der Waals surface area contributed by atoms with Crippen LogP contribution < -0.4 is 9.47 Å². The van der Waals surface area contributed by atoms with Crippen molar-refractivity contribution in [3.63, 3.8) is 0 Å². The first-order chi connectivity index (χ1) is 15.6. The third-order valence-corrected chi connectivity index (χ3v) is 5.74. The molecule has 10 heteroatoms. The van der Waals surface area contributed by atoms with E-state index in [1.165, 1.54) is 0 Å². The van der Waals surface area contributed by atoms with Gasteiger partial charge in [-0.3, -0.25) is 0 Å². The Morgan fingerprint density at radius 3 is 1.24 bits per heavy atom. The summed E-state index contributed by atoms with van der Waals surface area (Å²) in [4.78, 5) is 0. The molecular weight excluding hydrogens is 454 g/mol. The second-order valence-electron chi connectivity index (χ2n) is 7.92. The van der Waals surface area contributed by atoms with Crippen LogP contribution >= 0.6 is 0 Å². The van der Waals surface area contributed by atoms with Crippen LogP contribution in [0.4, 0.5) is 26.3 Å². The Morgan fingerprint density at radius 1 is 0.606 bits per heavy atom. The van der Waals surface area contributed by atoms with Crippen molar-refractivity contribution in [1.82, 2.24) is 0 Å². The number of hydrogen-bond acceptors (Lipinski definition) is 4. The lowest BCUT2D eigenvalue weighted by atomic mass is 9.73. The zero-order valence-corrected chi connectivity index (χ0v) is 17.4. The van der Waals surface area contributed by atoms with Crippen LogP contribution in [0.2, 0.25) is 0 Å². The molecule has 4 rings (SSSR count). The van der Waals surface area contributed by atoms with E-state index in [9.17, 15) is 26.3 Å². The molecule has 4 nitrogen and oxygen atoms in total. The molecule has 33 heavy (non-hydrogen) atoms. The molecule has 0 bridgehead atoms. The molecule has 0 spiro atoms. The number of ether oxygens (including phenoxy) is 4. The Balaban J connectivity index is 1.69. The van der Waals surface area contributed by atoms with Gasteiger partial charge in [-0.05, 0) is 48.2 Å². The summed E-state index contributed by atoms with van der Waals surface area (Å²) in [5.41, 5.74) is -6.16. The first kappa shape index (κ1) is 23.7. The summed E-state index contributed by atoms with van der Waals surface area (Å²) in [7, 11) is 0. The zero-order valence-electron chi connectivity index (χ0n) is 17.4. The van der Waals surface area contributed by atoms with Crippen LogP contribution in [0, 0.1) is 0 Å². The molecule has 0 aliphatic carbocycles. The second kappa shape index (κ2) is 9.06. The topological polar surface area (TPSA) is 36.9 Å². The molecule has 2 aromatic carbocycles. The highest BCUT2D eigenvalue weighted by atomic mass is 19.4. The van der Waals surface area contributed by atoms with Crippen molar-refractivity contribution in [3.05, 3.63) is 59.7 Å². The Bertz CT molecular complexity index is 834. The van der Waals surface area contributed by atoms with E-state index >= 15 is 0 Å². The molecule has 2 saturated heterocycles. The predicted octanol–water partition coefficient (Wildman–Crippen LogP) is 6.13. The summed E-state index contributed by atoms with van der Waals surface area (Å²) in [5, 5.41) is 0. The quantitative estimate of drug-likeness (QED) is 0.471. The molecular formula is C23H22F6O4. The number of benzene rings is 2. The van der Waals surface area contributed by atoms with Gasteiger partial charge in [0.15, 0.2) is 12.6 Å². The van der Waals surface area contributed by atoms with Crippen LogP contribution in [0.3, 0.4) is 0 Å². The van der Waals surface area contributed by atoms with Crippen LogP contribution in [0.15, 0.2) is 48.5 Å². The smallest absolute Gasteiger partial charge is 0.411 e. The minimum atomic E-state index is -5.67. The summed E-state index contributed by atoms with van der Waals surface area (Å²) in [5.74, 6) is 0.258. The van der Waals surface area contributed by atoms with Crippen LogP contribution in [0.5, 0.6) is 11.5 Å². The van der Waals surface area contributed by atoms with E-state index in [1.54, 1.807) is 0 Å². The van der Waals surface area contributed by atoms with Gasteiger partial charge in [0.2, 0.25) is 5.41 Å². The van der Waals surface area contributed by atoms with Crippen molar-refractivity contribution < 1.29 is 45.3 Å². The molecule has 2 unspecified atom stereocenters. The van der Waals surface area contributed by atoms with E-state index in [0.29, 0.717) is 26.1 Å². The fraction of sp³-hybridized carbons (Fsp3) is 0.478. The first-order valence-corrected chi connectivity index (χ1v) is 10.5. The third-order valence-electron chi connectivity index (χ3n) is 5.74. The maximum Gasteiger partial charge on any atom is 0.411 e. The minimum absolute atomic E-state index is 0.129. The minimum Gasteiger partial charge on any atom is -0.465 e. The van der Waals surface area contributed by atoms with E-state index in [1.807, 2.05) is 0 Å². The van der Waals surface area contributed by atoms with Gasteiger partial charge in [0, 0.05) is 12.8 Å². The number of halogens is 6.